The molecular formula is C19H18N2. The molecule has 3 rings (SSSR count). The minimum atomic E-state index is 0.990. The van der Waals surface area contributed by atoms with E-state index in [1.807, 2.05) is 42.6 Å². The van der Waals surface area contributed by atoms with E-state index in [1.54, 1.807) is 0 Å². The van der Waals surface area contributed by atoms with Crippen molar-refractivity contribution in [1.29, 1.82) is 0 Å². The normalized spacial score (nSPS) is 14.1. The summed E-state index contributed by atoms with van der Waals surface area (Å²) in [6, 6.07) is 18.4. The van der Waals surface area contributed by atoms with Gasteiger partial charge in [0.1, 0.15) is 0 Å². The van der Waals surface area contributed by atoms with Crippen molar-refractivity contribution >= 4 is 17.5 Å². The molecule has 0 aromatic heterocycles. The highest BCUT2D eigenvalue weighted by Gasteiger charge is 2.10. The van der Waals surface area contributed by atoms with Gasteiger partial charge < -0.3 is 0 Å². The van der Waals surface area contributed by atoms with Crippen molar-refractivity contribution in [2.45, 2.75) is 13.3 Å². The molecule has 21 heavy (non-hydrogen) atoms. The highest BCUT2D eigenvalue weighted by atomic mass is 15.3. The number of hydrogen-bond acceptors (Lipinski definition) is 2. The van der Waals surface area contributed by atoms with E-state index in [4.69, 9.17) is 0 Å². The maximum absolute atomic E-state index is 4.35. The van der Waals surface area contributed by atoms with Crippen molar-refractivity contribution < 1.29 is 0 Å². The van der Waals surface area contributed by atoms with Crippen LogP contribution in [-0.4, -0.2) is 6.21 Å². The third kappa shape index (κ3) is 3.11. The largest absolute Gasteiger partial charge is 0.279 e. The first-order valence-corrected chi connectivity index (χ1v) is 7.14. The van der Waals surface area contributed by atoms with Crippen LogP contribution in [0, 0.1) is 0 Å². The van der Waals surface area contributed by atoms with Crippen LogP contribution in [0.4, 0.5) is 5.69 Å². The van der Waals surface area contributed by atoms with Gasteiger partial charge in [-0.2, -0.15) is 5.10 Å². The highest BCUT2D eigenvalue weighted by Crippen LogP contribution is 2.30. The smallest absolute Gasteiger partial charge is 0.0561 e. The first-order valence-electron chi connectivity index (χ1n) is 7.14. The second kappa shape index (κ2) is 6.23. The van der Waals surface area contributed by atoms with E-state index < -0.39 is 0 Å². The zero-order valence-electron chi connectivity index (χ0n) is 12.1. The van der Waals surface area contributed by atoms with E-state index in [1.165, 1.54) is 16.7 Å². The molecule has 0 bridgehead atoms. The van der Waals surface area contributed by atoms with Crippen LogP contribution in [0.1, 0.15) is 24.5 Å². The van der Waals surface area contributed by atoms with Gasteiger partial charge in [-0.15, -0.1) is 0 Å². The Morgan fingerprint density at radius 1 is 1.00 bits per heavy atom. The summed E-state index contributed by atoms with van der Waals surface area (Å²) in [5.41, 5.74) is 9.18. The first kappa shape index (κ1) is 13.4. The lowest BCUT2D eigenvalue weighted by molar-refractivity contribution is 1.34. The predicted octanol–water partition coefficient (Wildman–Crippen LogP) is 4.87. The van der Waals surface area contributed by atoms with Crippen LogP contribution in [0.15, 0.2) is 77.4 Å². The van der Waals surface area contributed by atoms with Crippen LogP contribution in [0.3, 0.4) is 0 Å². The number of nitrogens with zero attached hydrogens (tertiary/aromatic N) is 1. The highest BCUT2D eigenvalue weighted by molar-refractivity contribution is 5.90. The molecule has 2 nitrogen and oxygen atoms in total. The molecule has 0 spiro atoms. The molecule has 0 saturated carbocycles. The van der Waals surface area contributed by atoms with Gasteiger partial charge in [0.05, 0.1) is 11.9 Å². The van der Waals surface area contributed by atoms with Gasteiger partial charge in [0, 0.05) is 5.56 Å². The van der Waals surface area contributed by atoms with Gasteiger partial charge in [-0.3, -0.25) is 5.43 Å². The van der Waals surface area contributed by atoms with Gasteiger partial charge >= 0.3 is 0 Å². The summed E-state index contributed by atoms with van der Waals surface area (Å²) in [5, 5.41) is 4.35. The van der Waals surface area contributed by atoms with Gasteiger partial charge in [-0.1, -0.05) is 54.6 Å². The SMILES string of the molecule is CC1=C(c2ccccc2/C=N/Nc2ccccc2)CC=C1. The Kier molecular flexibility index (Phi) is 3.97. The molecule has 2 aromatic rings. The second-order valence-corrected chi connectivity index (χ2v) is 5.09. The van der Waals surface area contributed by atoms with Gasteiger partial charge in [-0.25, -0.2) is 0 Å². The third-order valence-electron chi connectivity index (χ3n) is 3.62. The predicted molar refractivity (Wildman–Crippen MR) is 90.5 cm³/mol. The molecular weight excluding hydrogens is 256 g/mol. The molecule has 2 aromatic carbocycles. The molecule has 104 valence electrons. The van der Waals surface area contributed by atoms with Crippen molar-refractivity contribution in [2.24, 2.45) is 5.10 Å². The van der Waals surface area contributed by atoms with Crippen LogP contribution in [-0.2, 0) is 0 Å². The van der Waals surface area contributed by atoms with E-state index in [0.29, 0.717) is 0 Å². The lowest BCUT2D eigenvalue weighted by atomic mass is 9.97. The summed E-state index contributed by atoms with van der Waals surface area (Å²) < 4.78 is 0. The molecule has 0 unspecified atom stereocenters. The summed E-state index contributed by atoms with van der Waals surface area (Å²) in [6.45, 7) is 2.16. The molecule has 1 aliphatic carbocycles. The molecule has 0 atom stereocenters. The number of anilines is 1. The van der Waals surface area contributed by atoms with Crippen molar-refractivity contribution in [3.63, 3.8) is 0 Å². The quantitative estimate of drug-likeness (QED) is 0.624. The van der Waals surface area contributed by atoms with Crippen LogP contribution >= 0.6 is 0 Å². The van der Waals surface area contributed by atoms with E-state index in [2.05, 4.69) is 47.8 Å². The summed E-state index contributed by atoms with van der Waals surface area (Å²) in [7, 11) is 0. The maximum atomic E-state index is 4.35. The lowest BCUT2D eigenvalue weighted by Crippen LogP contribution is -1.95. The molecule has 0 radical (unpaired) electrons. The summed E-state index contributed by atoms with van der Waals surface area (Å²) in [4.78, 5) is 0. The molecule has 0 aliphatic heterocycles. The Balaban J connectivity index is 1.82. The number of para-hydroxylation sites is 1. The number of nitrogens with one attached hydrogen (secondary N) is 1. The fourth-order valence-corrected chi connectivity index (χ4v) is 2.51. The Morgan fingerprint density at radius 3 is 2.52 bits per heavy atom. The third-order valence-corrected chi connectivity index (χ3v) is 3.62. The fourth-order valence-electron chi connectivity index (χ4n) is 2.51. The Hall–Kier alpha value is -2.61. The molecule has 0 fully saturated rings. The number of hydrogen-bond donors (Lipinski definition) is 1. The zero-order chi connectivity index (χ0) is 14.5. The summed E-state index contributed by atoms with van der Waals surface area (Å²) in [5.74, 6) is 0. The summed E-state index contributed by atoms with van der Waals surface area (Å²) in [6.07, 6.45) is 7.29. The Bertz CT molecular complexity index is 709. The molecule has 0 saturated heterocycles. The van der Waals surface area contributed by atoms with Crippen molar-refractivity contribution in [3.8, 4) is 0 Å². The number of benzene rings is 2. The maximum Gasteiger partial charge on any atom is 0.0561 e. The molecule has 1 aliphatic rings. The van der Waals surface area contributed by atoms with Crippen LogP contribution in [0.25, 0.3) is 5.57 Å². The molecule has 1 N–H and O–H groups in total. The topological polar surface area (TPSA) is 24.4 Å². The molecule has 0 heterocycles. The van der Waals surface area contributed by atoms with Crippen molar-refractivity contribution in [1.82, 2.24) is 0 Å². The number of rotatable bonds is 4. The van der Waals surface area contributed by atoms with Gasteiger partial charge in [0.25, 0.3) is 0 Å². The second-order valence-electron chi connectivity index (χ2n) is 5.09. The van der Waals surface area contributed by atoms with E-state index in [-0.39, 0.29) is 0 Å². The average molecular weight is 274 g/mol. The van der Waals surface area contributed by atoms with Crippen molar-refractivity contribution in [2.75, 3.05) is 5.43 Å². The van der Waals surface area contributed by atoms with Crippen LogP contribution < -0.4 is 5.43 Å². The minimum absolute atomic E-state index is 0.990. The van der Waals surface area contributed by atoms with E-state index in [9.17, 15) is 0 Å². The fraction of sp³-hybridized carbons (Fsp3) is 0.105. The molecule has 2 heteroatoms. The monoisotopic (exact) mass is 274 g/mol. The number of hydrazone groups is 1. The average Bonchev–Trinajstić information content (AvgIpc) is 2.95. The Morgan fingerprint density at radius 2 is 1.76 bits per heavy atom. The summed E-state index contributed by atoms with van der Waals surface area (Å²) >= 11 is 0. The van der Waals surface area contributed by atoms with Crippen LogP contribution in [0.5, 0.6) is 0 Å². The minimum Gasteiger partial charge on any atom is -0.279 e. The van der Waals surface area contributed by atoms with E-state index >= 15 is 0 Å². The van der Waals surface area contributed by atoms with Gasteiger partial charge in [0.2, 0.25) is 0 Å². The lowest BCUT2D eigenvalue weighted by Gasteiger charge is -2.08. The first-order chi connectivity index (χ1) is 10.3. The standard InChI is InChI=1S/C19H18N2/c1-15-8-7-13-18(15)19-12-6-5-9-16(19)14-20-21-17-10-3-2-4-11-17/h2-12,14,21H,13H2,1H3/b20-14+. The van der Waals surface area contributed by atoms with E-state index in [0.717, 1.165) is 17.7 Å². The number of allylic oxidation sites excluding steroid dienone is 4. The van der Waals surface area contributed by atoms with Gasteiger partial charge in [-0.05, 0) is 42.2 Å². The van der Waals surface area contributed by atoms with Gasteiger partial charge in [0.15, 0.2) is 0 Å². The van der Waals surface area contributed by atoms with Crippen LogP contribution in [0.2, 0.25) is 0 Å². The van der Waals surface area contributed by atoms with Crippen molar-refractivity contribution in [3.05, 3.63) is 83.4 Å². The zero-order valence-corrected chi connectivity index (χ0v) is 12.1. The molecule has 0 amide bonds. The Labute approximate surface area is 125 Å².